The normalized spacial score (nSPS) is 20.3. The summed E-state index contributed by atoms with van der Waals surface area (Å²) in [5, 5.41) is 1.12. The Morgan fingerprint density at radius 3 is 2.69 bits per heavy atom. The van der Waals surface area contributed by atoms with Gasteiger partial charge in [0, 0.05) is 17.4 Å². The molecule has 2 aromatic carbocycles. The summed E-state index contributed by atoms with van der Waals surface area (Å²) in [6.07, 6.45) is 5.03. The van der Waals surface area contributed by atoms with Crippen LogP contribution in [0, 0.1) is 0 Å². The number of rotatable bonds is 7. The third-order valence-electron chi connectivity index (χ3n) is 4.77. The maximum absolute atomic E-state index is 6.17. The summed E-state index contributed by atoms with van der Waals surface area (Å²) in [6.45, 7) is 0.546. The number of ether oxygens (including phenoxy) is 1. The number of hydrogen-bond acceptors (Lipinski definition) is 2. The van der Waals surface area contributed by atoms with Crippen molar-refractivity contribution in [1.29, 1.82) is 0 Å². The molecule has 0 aromatic heterocycles. The maximum Gasteiger partial charge on any atom is 0.137 e. The van der Waals surface area contributed by atoms with E-state index in [0.29, 0.717) is 40.2 Å². The molecule has 0 radical (unpaired) electrons. The van der Waals surface area contributed by atoms with E-state index >= 15 is 0 Å². The highest BCUT2D eigenvalue weighted by molar-refractivity contribution is 6.35. The fourth-order valence-corrected chi connectivity index (χ4v) is 3.95. The van der Waals surface area contributed by atoms with Gasteiger partial charge in [0.25, 0.3) is 0 Å². The first-order chi connectivity index (χ1) is 12.6. The lowest BCUT2D eigenvalue weighted by molar-refractivity contribution is 0.313. The third-order valence-corrected chi connectivity index (χ3v) is 5.30. The van der Waals surface area contributed by atoms with E-state index in [2.05, 4.69) is 30.3 Å². The Balaban J connectivity index is 1.49. The van der Waals surface area contributed by atoms with Gasteiger partial charge in [-0.1, -0.05) is 60.0 Å². The van der Waals surface area contributed by atoms with Gasteiger partial charge in [-0.25, -0.2) is 0 Å². The topological polar surface area (TPSA) is 47.6 Å². The standard InChI is InChI=1S/C21H24Cl2N2O/c22-16-11-12-20(18(23)14-16)26-13-5-10-21(24)25-19-9-4-8-17(19)15-6-2-1-3-7-15/h1-3,6-7,11-12,14,17,19H,4-5,8-10,13H2,(H2,24,25). The monoisotopic (exact) mass is 390 g/mol. The van der Waals surface area contributed by atoms with E-state index in [1.807, 2.05) is 0 Å². The maximum atomic E-state index is 6.17. The fraction of sp³-hybridized carbons (Fsp3) is 0.381. The number of nitrogens with two attached hydrogens (primary N) is 1. The van der Waals surface area contributed by atoms with Crippen molar-refractivity contribution in [3.8, 4) is 5.75 Å². The number of nitrogens with zero attached hydrogens (tertiary/aromatic N) is 1. The molecule has 1 aliphatic carbocycles. The Labute approximate surface area is 165 Å². The van der Waals surface area contributed by atoms with Crippen molar-refractivity contribution in [3.63, 3.8) is 0 Å². The second kappa shape index (κ2) is 9.29. The molecule has 0 heterocycles. The Morgan fingerprint density at radius 1 is 1.12 bits per heavy atom. The first kappa shape index (κ1) is 19.1. The van der Waals surface area contributed by atoms with Crippen LogP contribution in [0.1, 0.15) is 43.6 Å². The molecule has 26 heavy (non-hydrogen) atoms. The number of aliphatic imine (C=N–C) groups is 1. The molecule has 138 valence electrons. The molecular formula is C21H24Cl2N2O. The van der Waals surface area contributed by atoms with Gasteiger partial charge in [-0.15, -0.1) is 0 Å². The first-order valence-electron chi connectivity index (χ1n) is 9.08. The predicted molar refractivity (Wildman–Crippen MR) is 110 cm³/mol. The SMILES string of the molecule is NC(CCCOc1ccc(Cl)cc1Cl)=NC1CCCC1c1ccccc1. The zero-order chi connectivity index (χ0) is 18.4. The highest BCUT2D eigenvalue weighted by atomic mass is 35.5. The lowest BCUT2D eigenvalue weighted by Crippen LogP contribution is -2.19. The van der Waals surface area contributed by atoms with E-state index in [9.17, 15) is 0 Å². The first-order valence-corrected chi connectivity index (χ1v) is 9.84. The molecule has 2 unspecified atom stereocenters. The van der Waals surface area contributed by atoms with Crippen molar-refractivity contribution in [3.05, 3.63) is 64.1 Å². The number of amidine groups is 1. The van der Waals surface area contributed by atoms with E-state index in [1.54, 1.807) is 18.2 Å². The summed E-state index contributed by atoms with van der Waals surface area (Å²) in [5.41, 5.74) is 7.54. The van der Waals surface area contributed by atoms with Gasteiger partial charge >= 0.3 is 0 Å². The van der Waals surface area contributed by atoms with Crippen LogP contribution in [0.25, 0.3) is 0 Å². The van der Waals surface area contributed by atoms with Gasteiger partial charge in [0.15, 0.2) is 0 Å². The summed E-state index contributed by atoms with van der Waals surface area (Å²) >= 11 is 12.0. The lowest BCUT2D eigenvalue weighted by Gasteiger charge is -2.17. The van der Waals surface area contributed by atoms with E-state index in [0.717, 1.165) is 19.3 Å². The van der Waals surface area contributed by atoms with E-state index in [-0.39, 0.29) is 0 Å². The largest absolute Gasteiger partial charge is 0.492 e. The van der Waals surface area contributed by atoms with E-state index < -0.39 is 0 Å². The average molecular weight is 391 g/mol. The molecule has 3 nitrogen and oxygen atoms in total. The number of benzene rings is 2. The Morgan fingerprint density at radius 2 is 1.92 bits per heavy atom. The molecule has 1 fully saturated rings. The molecule has 2 aromatic rings. The van der Waals surface area contributed by atoms with Crippen LogP contribution in [-0.2, 0) is 0 Å². The van der Waals surface area contributed by atoms with Gasteiger partial charge in [-0.3, -0.25) is 4.99 Å². The van der Waals surface area contributed by atoms with Gasteiger partial charge in [0.05, 0.1) is 23.5 Å². The van der Waals surface area contributed by atoms with Crippen molar-refractivity contribution in [2.24, 2.45) is 10.7 Å². The minimum Gasteiger partial charge on any atom is -0.492 e. The molecule has 5 heteroatoms. The quantitative estimate of drug-likeness (QED) is 0.366. The van der Waals surface area contributed by atoms with Gasteiger partial charge in [0.2, 0.25) is 0 Å². The van der Waals surface area contributed by atoms with Crippen LogP contribution >= 0.6 is 23.2 Å². The Bertz CT molecular complexity index is 749. The molecule has 1 aliphatic rings. The minimum atomic E-state index is 0.295. The molecule has 1 saturated carbocycles. The van der Waals surface area contributed by atoms with Crippen LogP contribution in [0.4, 0.5) is 0 Å². The molecule has 0 amide bonds. The lowest BCUT2D eigenvalue weighted by atomic mass is 9.94. The Kier molecular flexibility index (Phi) is 6.81. The Hall–Kier alpha value is -1.71. The average Bonchev–Trinajstić information content (AvgIpc) is 3.09. The molecule has 2 N–H and O–H groups in total. The van der Waals surface area contributed by atoms with Crippen molar-refractivity contribution >= 4 is 29.0 Å². The van der Waals surface area contributed by atoms with Crippen LogP contribution in [0.15, 0.2) is 53.5 Å². The molecule has 0 saturated heterocycles. The second-order valence-corrected chi connectivity index (χ2v) is 7.51. The van der Waals surface area contributed by atoms with Crippen LogP contribution in [-0.4, -0.2) is 18.5 Å². The molecule has 0 aliphatic heterocycles. The van der Waals surface area contributed by atoms with E-state index in [1.165, 1.54) is 18.4 Å². The highest BCUT2D eigenvalue weighted by Gasteiger charge is 2.28. The van der Waals surface area contributed by atoms with Crippen molar-refractivity contribution in [1.82, 2.24) is 0 Å². The summed E-state index contributed by atoms with van der Waals surface area (Å²) in [4.78, 5) is 4.80. The van der Waals surface area contributed by atoms with Crippen LogP contribution in [0.2, 0.25) is 10.0 Å². The van der Waals surface area contributed by atoms with E-state index in [4.69, 9.17) is 38.7 Å². The van der Waals surface area contributed by atoms with Gasteiger partial charge < -0.3 is 10.5 Å². The molecule has 3 rings (SSSR count). The summed E-state index contributed by atoms with van der Waals surface area (Å²) in [6, 6.07) is 16.2. The third kappa shape index (κ3) is 5.15. The van der Waals surface area contributed by atoms with Gasteiger partial charge in [-0.05, 0) is 43.0 Å². The predicted octanol–water partition coefficient (Wildman–Crippen LogP) is 5.85. The van der Waals surface area contributed by atoms with Gasteiger partial charge in [0.1, 0.15) is 5.75 Å². The van der Waals surface area contributed by atoms with Gasteiger partial charge in [-0.2, -0.15) is 0 Å². The minimum absolute atomic E-state index is 0.295. The summed E-state index contributed by atoms with van der Waals surface area (Å²) in [7, 11) is 0. The molecule has 2 atom stereocenters. The summed E-state index contributed by atoms with van der Waals surface area (Å²) < 4.78 is 5.70. The second-order valence-electron chi connectivity index (χ2n) is 6.66. The fourth-order valence-electron chi connectivity index (χ4n) is 3.49. The van der Waals surface area contributed by atoms with Crippen molar-refractivity contribution in [2.45, 2.75) is 44.1 Å². The van der Waals surface area contributed by atoms with Crippen molar-refractivity contribution in [2.75, 3.05) is 6.61 Å². The smallest absolute Gasteiger partial charge is 0.137 e. The number of halogens is 2. The summed E-state index contributed by atoms with van der Waals surface area (Å²) in [5.74, 6) is 1.84. The zero-order valence-electron chi connectivity index (χ0n) is 14.7. The van der Waals surface area contributed by atoms with Crippen molar-refractivity contribution < 1.29 is 4.74 Å². The van der Waals surface area contributed by atoms with Crippen LogP contribution < -0.4 is 10.5 Å². The van der Waals surface area contributed by atoms with Crippen LogP contribution in [0.5, 0.6) is 5.75 Å². The highest BCUT2D eigenvalue weighted by Crippen LogP contribution is 2.36. The molecular weight excluding hydrogens is 367 g/mol. The molecule has 0 bridgehead atoms. The zero-order valence-corrected chi connectivity index (χ0v) is 16.2. The number of hydrogen-bond donors (Lipinski definition) is 1. The molecule has 0 spiro atoms. The van der Waals surface area contributed by atoms with Crippen LogP contribution in [0.3, 0.4) is 0 Å².